The zero-order chi connectivity index (χ0) is 21.8. The summed E-state index contributed by atoms with van der Waals surface area (Å²) in [4.78, 5) is 16.4. The van der Waals surface area contributed by atoms with E-state index in [0.717, 1.165) is 16.9 Å². The first-order chi connectivity index (χ1) is 14.5. The van der Waals surface area contributed by atoms with Crippen molar-refractivity contribution in [3.63, 3.8) is 0 Å². The quantitative estimate of drug-likeness (QED) is 0.180. The minimum Gasteiger partial charge on any atom is -0.491 e. The predicted octanol–water partition coefficient (Wildman–Crippen LogP) is 3.39. The van der Waals surface area contributed by atoms with Gasteiger partial charge in [0.25, 0.3) is 5.91 Å². The predicted molar refractivity (Wildman–Crippen MR) is 136 cm³/mol. The van der Waals surface area contributed by atoms with E-state index in [4.69, 9.17) is 21.1 Å². The molecule has 170 valence electrons. The van der Waals surface area contributed by atoms with Gasteiger partial charge in [0, 0.05) is 39.4 Å². The van der Waals surface area contributed by atoms with Crippen LogP contribution in [0.5, 0.6) is 5.75 Å². The number of rotatable bonds is 10. The number of methoxy groups -OCH3 is 1. The van der Waals surface area contributed by atoms with Crippen LogP contribution in [0, 0.1) is 6.92 Å². The first-order valence-corrected chi connectivity index (χ1v) is 10.1. The molecule has 0 fully saturated rings. The highest BCUT2D eigenvalue weighted by Gasteiger charge is 2.09. The Morgan fingerprint density at radius 2 is 1.81 bits per heavy atom. The average Bonchev–Trinajstić information content (AvgIpc) is 2.74. The van der Waals surface area contributed by atoms with E-state index in [1.165, 1.54) is 0 Å². The van der Waals surface area contributed by atoms with Gasteiger partial charge >= 0.3 is 0 Å². The molecular weight excluding hydrogens is 531 g/mol. The molecule has 31 heavy (non-hydrogen) atoms. The molecule has 1 amide bonds. The van der Waals surface area contributed by atoms with Crippen molar-refractivity contribution in [1.82, 2.24) is 16.0 Å². The Labute approximate surface area is 206 Å². The molecule has 2 aromatic carbocycles. The standard InChI is InChI=1S/C22H29ClN4O3.HI/c1-16-8-9-17(20(14-16)30-13-12-29-3)15-27-22(24-2)26-11-10-25-21(28)18-6-4-5-7-19(18)23;/h4-9,14H,10-13,15H2,1-3H3,(H,25,28)(H2,24,26,27);1H. The fourth-order valence-corrected chi connectivity index (χ4v) is 2.90. The van der Waals surface area contributed by atoms with Gasteiger partial charge in [-0.1, -0.05) is 35.9 Å². The van der Waals surface area contributed by atoms with Crippen LogP contribution < -0.4 is 20.7 Å². The highest BCUT2D eigenvalue weighted by atomic mass is 127. The Morgan fingerprint density at radius 3 is 2.52 bits per heavy atom. The molecule has 0 saturated heterocycles. The lowest BCUT2D eigenvalue weighted by Crippen LogP contribution is -2.41. The number of aliphatic imine (C=N–C) groups is 1. The number of hydrogen-bond donors (Lipinski definition) is 3. The molecule has 0 radical (unpaired) electrons. The van der Waals surface area contributed by atoms with E-state index >= 15 is 0 Å². The van der Waals surface area contributed by atoms with Crippen LogP contribution >= 0.6 is 35.6 Å². The fourth-order valence-electron chi connectivity index (χ4n) is 2.67. The SMILES string of the molecule is CN=C(NCCNC(=O)c1ccccc1Cl)NCc1ccc(C)cc1OCCOC.I. The molecule has 0 spiro atoms. The van der Waals surface area contributed by atoms with Gasteiger partial charge in [-0.3, -0.25) is 9.79 Å². The largest absolute Gasteiger partial charge is 0.491 e. The summed E-state index contributed by atoms with van der Waals surface area (Å²) in [5, 5.41) is 9.70. The van der Waals surface area contributed by atoms with Crippen molar-refractivity contribution < 1.29 is 14.3 Å². The van der Waals surface area contributed by atoms with Crippen LogP contribution in [0.15, 0.2) is 47.5 Å². The van der Waals surface area contributed by atoms with Gasteiger partial charge in [0.2, 0.25) is 0 Å². The molecule has 0 atom stereocenters. The van der Waals surface area contributed by atoms with Crippen molar-refractivity contribution in [1.29, 1.82) is 0 Å². The maximum absolute atomic E-state index is 12.2. The molecule has 0 unspecified atom stereocenters. The van der Waals surface area contributed by atoms with E-state index in [1.54, 1.807) is 38.4 Å². The average molecular weight is 561 g/mol. The zero-order valence-electron chi connectivity index (χ0n) is 18.0. The number of carbonyl (C=O) groups excluding carboxylic acids is 1. The van der Waals surface area contributed by atoms with Gasteiger partial charge in [0.05, 0.1) is 17.2 Å². The lowest BCUT2D eigenvalue weighted by atomic mass is 10.1. The Kier molecular flexibility index (Phi) is 13.0. The van der Waals surface area contributed by atoms with Gasteiger partial charge in [-0.05, 0) is 30.7 Å². The van der Waals surface area contributed by atoms with Crippen molar-refractivity contribution in [3.8, 4) is 5.75 Å². The minimum atomic E-state index is -0.206. The molecule has 7 nitrogen and oxygen atoms in total. The fraction of sp³-hybridized carbons (Fsp3) is 0.364. The van der Waals surface area contributed by atoms with Crippen LogP contribution in [0.4, 0.5) is 0 Å². The van der Waals surface area contributed by atoms with Crippen LogP contribution in [0.25, 0.3) is 0 Å². The minimum absolute atomic E-state index is 0. The third kappa shape index (κ3) is 9.32. The van der Waals surface area contributed by atoms with Crippen molar-refractivity contribution in [2.45, 2.75) is 13.5 Å². The number of nitrogens with one attached hydrogen (secondary N) is 3. The monoisotopic (exact) mass is 560 g/mol. The lowest BCUT2D eigenvalue weighted by Gasteiger charge is -2.15. The summed E-state index contributed by atoms with van der Waals surface area (Å²) in [5.41, 5.74) is 2.61. The van der Waals surface area contributed by atoms with E-state index in [9.17, 15) is 4.79 Å². The maximum atomic E-state index is 12.2. The van der Waals surface area contributed by atoms with E-state index < -0.39 is 0 Å². The summed E-state index contributed by atoms with van der Waals surface area (Å²) < 4.78 is 10.9. The Bertz CT molecular complexity index is 864. The molecule has 0 bridgehead atoms. The molecule has 0 aliphatic carbocycles. The molecule has 2 aromatic rings. The van der Waals surface area contributed by atoms with Gasteiger partial charge in [-0.15, -0.1) is 24.0 Å². The number of aryl methyl sites for hydroxylation is 1. The van der Waals surface area contributed by atoms with Crippen molar-refractivity contribution >= 4 is 47.4 Å². The topological polar surface area (TPSA) is 84.0 Å². The second-order valence-electron chi connectivity index (χ2n) is 6.54. The molecule has 9 heteroatoms. The number of hydrogen-bond acceptors (Lipinski definition) is 4. The second-order valence-corrected chi connectivity index (χ2v) is 6.95. The van der Waals surface area contributed by atoms with Crippen molar-refractivity contribution in [3.05, 3.63) is 64.2 Å². The molecule has 3 N–H and O–H groups in total. The van der Waals surface area contributed by atoms with Gasteiger partial charge in [0.15, 0.2) is 5.96 Å². The molecule has 0 saturated carbocycles. The molecule has 0 aliphatic heterocycles. The van der Waals surface area contributed by atoms with Crippen molar-refractivity contribution in [2.24, 2.45) is 4.99 Å². The first kappa shape index (κ1) is 27.0. The number of halogens is 2. The molecule has 0 aliphatic rings. The van der Waals surface area contributed by atoms with E-state index in [-0.39, 0.29) is 29.9 Å². The van der Waals surface area contributed by atoms with E-state index in [1.807, 2.05) is 25.1 Å². The lowest BCUT2D eigenvalue weighted by molar-refractivity contribution is 0.0954. The summed E-state index contributed by atoms with van der Waals surface area (Å²) in [6, 6.07) is 13.0. The van der Waals surface area contributed by atoms with Gasteiger partial charge in [-0.2, -0.15) is 0 Å². The maximum Gasteiger partial charge on any atom is 0.252 e. The number of carbonyl (C=O) groups is 1. The van der Waals surface area contributed by atoms with Gasteiger partial charge in [0.1, 0.15) is 12.4 Å². The Morgan fingerprint density at radius 1 is 1.06 bits per heavy atom. The number of ether oxygens (including phenoxy) is 2. The van der Waals surface area contributed by atoms with E-state index in [0.29, 0.717) is 49.4 Å². The number of guanidine groups is 1. The highest BCUT2D eigenvalue weighted by Crippen LogP contribution is 2.20. The summed E-state index contributed by atoms with van der Waals surface area (Å²) in [6.07, 6.45) is 0. The molecular formula is C22H30ClIN4O3. The third-order valence-corrected chi connectivity index (χ3v) is 4.59. The number of benzene rings is 2. The Balaban J connectivity index is 0.00000480. The summed E-state index contributed by atoms with van der Waals surface area (Å²) in [7, 11) is 3.34. The van der Waals surface area contributed by atoms with Crippen LogP contribution in [-0.4, -0.2) is 52.3 Å². The first-order valence-electron chi connectivity index (χ1n) is 9.73. The van der Waals surface area contributed by atoms with Crippen LogP contribution in [0.3, 0.4) is 0 Å². The number of nitrogens with zero attached hydrogens (tertiary/aromatic N) is 1. The molecule has 0 aromatic heterocycles. The number of amides is 1. The van der Waals surface area contributed by atoms with E-state index in [2.05, 4.69) is 20.9 Å². The normalized spacial score (nSPS) is 10.8. The molecule has 2 rings (SSSR count). The van der Waals surface area contributed by atoms with Crippen LogP contribution in [-0.2, 0) is 11.3 Å². The summed E-state index contributed by atoms with van der Waals surface area (Å²) >= 11 is 6.04. The van der Waals surface area contributed by atoms with Gasteiger partial charge in [-0.25, -0.2) is 0 Å². The van der Waals surface area contributed by atoms with Crippen molar-refractivity contribution in [2.75, 3.05) is 40.5 Å². The van der Waals surface area contributed by atoms with Crippen LogP contribution in [0.1, 0.15) is 21.5 Å². The molecule has 0 heterocycles. The summed E-state index contributed by atoms with van der Waals surface area (Å²) in [6.45, 7) is 4.54. The zero-order valence-corrected chi connectivity index (χ0v) is 21.1. The summed E-state index contributed by atoms with van der Waals surface area (Å²) in [5.74, 6) is 1.25. The van der Waals surface area contributed by atoms with Gasteiger partial charge < -0.3 is 25.4 Å². The Hall–Kier alpha value is -2.04. The second kappa shape index (κ2) is 14.9. The highest BCUT2D eigenvalue weighted by molar-refractivity contribution is 14.0. The third-order valence-electron chi connectivity index (χ3n) is 4.26. The smallest absolute Gasteiger partial charge is 0.252 e. The van der Waals surface area contributed by atoms with Crippen LogP contribution in [0.2, 0.25) is 5.02 Å².